The molecule has 0 aliphatic rings. The number of primary sulfonamides is 1. The number of amides is 4. The summed E-state index contributed by atoms with van der Waals surface area (Å²) in [5.41, 5.74) is 4.51. The van der Waals surface area contributed by atoms with Gasteiger partial charge in [-0.3, -0.25) is 4.72 Å². The summed E-state index contributed by atoms with van der Waals surface area (Å²) in [4.78, 5) is 24.8. The van der Waals surface area contributed by atoms with Crippen molar-refractivity contribution in [3.8, 4) is 11.1 Å². The maximum Gasteiger partial charge on any atom is 0.323 e. The summed E-state index contributed by atoms with van der Waals surface area (Å²) < 4.78 is 51.3. The topological polar surface area (TPSA) is 215 Å². The van der Waals surface area contributed by atoms with E-state index in [1.54, 1.807) is 121 Å². The van der Waals surface area contributed by atoms with Gasteiger partial charge in [0.1, 0.15) is 0 Å². The molecule has 0 aliphatic carbocycles. The van der Waals surface area contributed by atoms with Crippen LogP contribution in [0.25, 0.3) is 22.1 Å². The van der Waals surface area contributed by atoms with Crippen molar-refractivity contribution in [2.24, 2.45) is 10.3 Å². The first-order chi connectivity index (χ1) is 27.2. The van der Waals surface area contributed by atoms with Gasteiger partial charge in [-0.15, -0.1) is 0 Å². The molecule has 0 unspecified atom stereocenters. The lowest BCUT2D eigenvalue weighted by atomic mass is 10.0. The molecule has 0 saturated heterocycles. The number of rotatable bonds is 10. The average Bonchev–Trinajstić information content (AvgIpc) is 3.16. The molecule has 6 aromatic carbocycles. The van der Waals surface area contributed by atoms with Gasteiger partial charge in [-0.05, 0) is 86.0 Å². The zero-order chi connectivity index (χ0) is 41.0. The average molecular weight is 934 g/mol. The van der Waals surface area contributed by atoms with Crippen molar-refractivity contribution in [2.45, 2.75) is 0 Å². The smallest absolute Gasteiger partial charge is 0.307 e. The molecule has 0 saturated carbocycles. The molecule has 0 atom stereocenters. The third kappa shape index (κ3) is 12.6. The van der Waals surface area contributed by atoms with Gasteiger partial charge in [0, 0.05) is 25.6 Å². The van der Waals surface area contributed by atoms with Crippen LogP contribution in [0.2, 0.25) is 0 Å². The van der Waals surface area contributed by atoms with E-state index in [0.717, 1.165) is 8.95 Å². The Hall–Kier alpha value is -5.82. The van der Waals surface area contributed by atoms with Gasteiger partial charge in [-0.2, -0.15) is 8.42 Å². The van der Waals surface area contributed by atoms with Crippen molar-refractivity contribution in [3.05, 3.63) is 172 Å². The monoisotopic (exact) mass is 931 g/mol. The van der Waals surface area contributed by atoms with Crippen LogP contribution in [0, 0.1) is 0 Å². The maximum absolute atomic E-state index is 12.5. The zero-order valence-corrected chi connectivity index (χ0v) is 34.5. The summed E-state index contributed by atoms with van der Waals surface area (Å²) >= 11 is 6.74. The minimum absolute atomic E-state index is 0.0968. The first-order valence-corrected chi connectivity index (χ1v) is 21.4. The van der Waals surface area contributed by atoms with E-state index in [1.165, 1.54) is 6.08 Å². The Morgan fingerprint density at radius 1 is 0.474 bits per heavy atom. The highest BCUT2D eigenvalue weighted by atomic mass is 79.9. The number of anilines is 5. The molecule has 0 fully saturated rings. The van der Waals surface area contributed by atoms with E-state index < -0.39 is 32.3 Å². The Morgan fingerprint density at radius 3 is 1.37 bits per heavy atom. The minimum atomic E-state index is -4.06. The normalized spacial score (nSPS) is 11.3. The third-order valence-electron chi connectivity index (χ3n) is 7.73. The fourth-order valence-corrected chi connectivity index (χ4v) is 7.32. The van der Waals surface area contributed by atoms with Crippen LogP contribution in [0.5, 0.6) is 0 Å². The van der Waals surface area contributed by atoms with Crippen molar-refractivity contribution in [1.29, 1.82) is 0 Å². The highest BCUT2D eigenvalue weighted by molar-refractivity contribution is 9.11. The molecule has 57 heavy (non-hydrogen) atoms. The molecule has 4 amide bonds. The van der Waals surface area contributed by atoms with Gasteiger partial charge >= 0.3 is 12.1 Å². The number of para-hydroxylation sites is 5. The van der Waals surface area contributed by atoms with E-state index in [2.05, 4.69) is 57.8 Å². The second-order valence-electron chi connectivity index (χ2n) is 11.9. The number of urea groups is 2. The molecule has 0 radical (unpaired) electrons. The van der Waals surface area contributed by atoms with Crippen molar-refractivity contribution < 1.29 is 26.4 Å². The quantitative estimate of drug-likeness (QED) is 0.0665. The number of halogens is 2. The molecule has 0 bridgehead atoms. The number of benzene rings is 6. The number of nitrogens with one attached hydrogen (secondary N) is 5. The summed E-state index contributed by atoms with van der Waals surface area (Å²) in [7, 11) is -8.00. The number of hydrogen-bond acceptors (Lipinski definition) is 6. The summed E-state index contributed by atoms with van der Waals surface area (Å²) in [6.45, 7) is 0. The second kappa shape index (κ2) is 19.4. The second-order valence-corrected chi connectivity index (χ2v) is 16.4. The van der Waals surface area contributed by atoms with Crippen LogP contribution >= 0.6 is 31.9 Å². The lowest BCUT2D eigenvalue weighted by Crippen LogP contribution is -2.22. The number of sulfonamides is 1. The van der Waals surface area contributed by atoms with Crippen LogP contribution in [0.3, 0.4) is 0 Å². The van der Waals surface area contributed by atoms with E-state index in [1.807, 2.05) is 30.3 Å². The van der Waals surface area contributed by atoms with Crippen molar-refractivity contribution in [2.75, 3.05) is 26.0 Å². The molecule has 0 heterocycles. The summed E-state index contributed by atoms with van der Waals surface area (Å²) in [6, 6.07) is 42.8. The maximum atomic E-state index is 12.5. The van der Waals surface area contributed by atoms with Gasteiger partial charge in [0.15, 0.2) is 0 Å². The number of carbonyl (C=O) groups excluding carboxylic acids is 2. The first kappa shape index (κ1) is 42.3. The lowest BCUT2D eigenvalue weighted by molar-refractivity contribution is 0.261. The molecule has 6 aromatic rings. The molecular weight excluding hydrogens is 898 g/mol. The Labute approximate surface area is 347 Å². The predicted octanol–water partition coefficient (Wildman–Crippen LogP) is 9.26. The van der Waals surface area contributed by atoms with Crippen LogP contribution < -0.4 is 36.3 Å². The molecule has 0 spiro atoms. The largest absolute Gasteiger partial charge is 0.323 e. The molecule has 6 rings (SSSR count). The molecule has 13 nitrogen and oxygen atoms in total. The van der Waals surface area contributed by atoms with Gasteiger partial charge in [-0.1, -0.05) is 109 Å². The predicted molar refractivity (Wildman–Crippen MR) is 236 cm³/mol. The van der Waals surface area contributed by atoms with Gasteiger partial charge in [-0.25, -0.2) is 28.3 Å². The molecule has 17 heteroatoms. The Balaban J connectivity index is 0.000000218. The van der Waals surface area contributed by atoms with Gasteiger partial charge in [0.05, 0.1) is 33.3 Å². The van der Waals surface area contributed by atoms with Crippen LogP contribution in [0.1, 0.15) is 11.1 Å². The van der Waals surface area contributed by atoms with Crippen LogP contribution in [-0.4, -0.2) is 28.9 Å². The molecule has 0 aliphatic heterocycles. The minimum Gasteiger partial charge on any atom is -0.307 e. The summed E-state index contributed by atoms with van der Waals surface area (Å²) in [6.07, 6.45) is 1.47. The van der Waals surface area contributed by atoms with Crippen LogP contribution in [0.15, 0.2) is 161 Å². The highest BCUT2D eigenvalue weighted by Crippen LogP contribution is 2.34. The first-order valence-electron chi connectivity index (χ1n) is 16.7. The Kier molecular flexibility index (Phi) is 14.4. The molecular formula is C40H35Br2N7O6S2. The number of carbonyl (C=O) groups is 2. The SMILES string of the molecule is NS(=O)(=O)C(=Cc1ccccc1)c1ccccc1NC(=O)Nc1ccccc1Br.NS(=O)(=O)Nc1ccccc1-c1ccccc1NC(=O)Nc1ccccc1Br. The van der Waals surface area contributed by atoms with Crippen molar-refractivity contribution in [1.82, 2.24) is 0 Å². The van der Waals surface area contributed by atoms with E-state index in [-0.39, 0.29) is 4.91 Å². The zero-order valence-electron chi connectivity index (χ0n) is 29.7. The van der Waals surface area contributed by atoms with Crippen molar-refractivity contribution in [3.63, 3.8) is 0 Å². The Bertz CT molecular complexity index is 2650. The standard InChI is InChI=1S/C21H18BrN3O3S.C19H17BrN4O3S/c22-17-11-5-7-13-19(17)25-21(26)24-18-12-6-4-10-16(18)20(29(23,27)28)14-15-8-2-1-3-9-15;20-15-9-3-6-12-18(15)23-19(25)22-16-10-4-1-7-13(16)14-8-2-5-11-17(14)24-28(21,26)27/h1-14H,(H2,23,27,28)(H2,24,25,26);1-12,24H,(H2,21,26,27)(H2,22,23,25). The number of nitrogens with two attached hydrogens (primary N) is 2. The van der Waals surface area contributed by atoms with E-state index in [4.69, 9.17) is 10.3 Å². The van der Waals surface area contributed by atoms with E-state index >= 15 is 0 Å². The summed E-state index contributed by atoms with van der Waals surface area (Å²) in [5.74, 6) is 0. The van der Waals surface area contributed by atoms with Gasteiger partial charge in [0.25, 0.3) is 10.2 Å². The molecule has 0 aromatic heterocycles. The molecule has 9 N–H and O–H groups in total. The van der Waals surface area contributed by atoms with Gasteiger partial charge < -0.3 is 21.3 Å². The fraction of sp³-hybridized carbons (Fsp3) is 0. The summed E-state index contributed by atoms with van der Waals surface area (Å²) in [5, 5.41) is 21.5. The highest BCUT2D eigenvalue weighted by Gasteiger charge is 2.20. The number of hydrogen-bond donors (Lipinski definition) is 7. The lowest BCUT2D eigenvalue weighted by Gasteiger charge is -2.15. The molecule has 292 valence electrons. The van der Waals surface area contributed by atoms with Crippen LogP contribution in [0.4, 0.5) is 38.0 Å². The van der Waals surface area contributed by atoms with E-state index in [9.17, 15) is 26.4 Å². The van der Waals surface area contributed by atoms with Gasteiger partial charge in [0.2, 0.25) is 10.0 Å². The van der Waals surface area contributed by atoms with E-state index in [0.29, 0.717) is 50.7 Å². The fourth-order valence-electron chi connectivity index (χ4n) is 5.28. The van der Waals surface area contributed by atoms with Crippen LogP contribution in [-0.2, 0) is 20.2 Å². The van der Waals surface area contributed by atoms with Crippen molar-refractivity contribution >= 4 is 104 Å². The third-order valence-corrected chi connectivity index (χ3v) is 10.6. The Morgan fingerprint density at radius 2 is 0.860 bits per heavy atom.